The Balaban J connectivity index is 0.000000151. The number of nitrogens with zero attached hydrogens (tertiary/aromatic N) is 4. The third-order valence-electron chi connectivity index (χ3n) is 4.86. The highest BCUT2D eigenvalue weighted by atomic mass is 15.2. The standard InChI is InChI=1S/2C11H14N2/c1-8(2)9-4-5-11-10(6-9)12-7-13(11)3;1-8(2)9-5-4-6-11-10(9)7-12-13(11)3/h2*4-8H,1-3H3. The van der Waals surface area contributed by atoms with E-state index in [0.717, 1.165) is 5.52 Å². The summed E-state index contributed by atoms with van der Waals surface area (Å²) in [6.45, 7) is 8.82. The predicted molar refractivity (Wildman–Crippen MR) is 110 cm³/mol. The van der Waals surface area contributed by atoms with Crippen LogP contribution in [-0.4, -0.2) is 19.3 Å². The number of hydrogen-bond acceptors (Lipinski definition) is 2. The molecule has 2 heterocycles. The summed E-state index contributed by atoms with van der Waals surface area (Å²) in [5.41, 5.74) is 6.24. The molecule has 0 unspecified atom stereocenters. The molecule has 4 nitrogen and oxygen atoms in total. The van der Waals surface area contributed by atoms with E-state index in [9.17, 15) is 0 Å². The highest BCUT2D eigenvalue weighted by molar-refractivity contribution is 5.82. The maximum Gasteiger partial charge on any atom is 0.0955 e. The summed E-state index contributed by atoms with van der Waals surface area (Å²) in [4.78, 5) is 4.32. The Bertz CT molecular complexity index is 1020. The minimum absolute atomic E-state index is 0.563. The molecule has 2 aromatic carbocycles. The first-order chi connectivity index (χ1) is 12.4. The minimum Gasteiger partial charge on any atom is -0.334 e. The fraction of sp³-hybridized carbons (Fsp3) is 0.364. The van der Waals surface area contributed by atoms with Gasteiger partial charge in [0.25, 0.3) is 0 Å². The largest absolute Gasteiger partial charge is 0.334 e. The van der Waals surface area contributed by atoms with Crippen molar-refractivity contribution in [2.75, 3.05) is 0 Å². The van der Waals surface area contributed by atoms with Crippen LogP contribution in [0, 0.1) is 0 Å². The van der Waals surface area contributed by atoms with E-state index in [1.165, 1.54) is 27.5 Å². The van der Waals surface area contributed by atoms with Crippen molar-refractivity contribution in [2.45, 2.75) is 39.5 Å². The van der Waals surface area contributed by atoms with Crippen molar-refractivity contribution in [3.05, 3.63) is 60.0 Å². The van der Waals surface area contributed by atoms with Gasteiger partial charge in [-0.15, -0.1) is 0 Å². The second-order valence-electron chi connectivity index (χ2n) is 7.46. The summed E-state index contributed by atoms with van der Waals surface area (Å²) in [7, 11) is 4.00. The molecule has 0 spiro atoms. The number of benzene rings is 2. The van der Waals surface area contributed by atoms with Crippen LogP contribution in [0.1, 0.15) is 50.7 Å². The van der Waals surface area contributed by atoms with E-state index < -0.39 is 0 Å². The molecule has 0 saturated heterocycles. The van der Waals surface area contributed by atoms with Gasteiger partial charge in [0.15, 0.2) is 0 Å². The number of fused-ring (bicyclic) bond motifs is 2. The van der Waals surface area contributed by atoms with E-state index in [4.69, 9.17) is 0 Å². The highest BCUT2D eigenvalue weighted by Gasteiger charge is 2.07. The third-order valence-corrected chi connectivity index (χ3v) is 4.86. The summed E-state index contributed by atoms with van der Waals surface area (Å²) >= 11 is 0. The molecule has 4 rings (SSSR count). The maximum atomic E-state index is 4.32. The molecule has 0 aliphatic carbocycles. The summed E-state index contributed by atoms with van der Waals surface area (Å²) in [5, 5.41) is 5.53. The molecule has 0 saturated carbocycles. The first-order valence-electron chi connectivity index (χ1n) is 9.20. The van der Waals surface area contributed by atoms with E-state index in [-0.39, 0.29) is 0 Å². The smallest absolute Gasteiger partial charge is 0.0955 e. The zero-order chi connectivity index (χ0) is 18.8. The van der Waals surface area contributed by atoms with Crippen LogP contribution in [0.4, 0.5) is 0 Å². The molecule has 2 aromatic heterocycles. The molecule has 0 atom stereocenters. The predicted octanol–water partition coefficient (Wildman–Crippen LogP) is 5.39. The van der Waals surface area contributed by atoms with Crippen molar-refractivity contribution in [2.24, 2.45) is 14.1 Å². The Morgan fingerprint density at radius 2 is 1.65 bits per heavy atom. The van der Waals surface area contributed by atoms with E-state index >= 15 is 0 Å². The molecule has 26 heavy (non-hydrogen) atoms. The van der Waals surface area contributed by atoms with Crippen LogP contribution in [0.5, 0.6) is 0 Å². The van der Waals surface area contributed by atoms with Crippen molar-refractivity contribution < 1.29 is 0 Å². The Morgan fingerprint density at radius 1 is 0.885 bits per heavy atom. The van der Waals surface area contributed by atoms with Gasteiger partial charge in [-0.1, -0.05) is 45.9 Å². The molecule has 0 bridgehead atoms. The minimum atomic E-state index is 0.563. The summed E-state index contributed by atoms with van der Waals surface area (Å²) in [6, 6.07) is 12.9. The number of aryl methyl sites for hydroxylation is 2. The third kappa shape index (κ3) is 3.50. The molecular weight excluding hydrogens is 320 g/mol. The summed E-state index contributed by atoms with van der Waals surface area (Å²) in [6.07, 6.45) is 3.80. The quantitative estimate of drug-likeness (QED) is 0.486. The van der Waals surface area contributed by atoms with Crippen molar-refractivity contribution in [3.63, 3.8) is 0 Å². The zero-order valence-electron chi connectivity index (χ0n) is 16.6. The molecule has 136 valence electrons. The van der Waals surface area contributed by atoms with Crippen LogP contribution in [0.2, 0.25) is 0 Å². The fourth-order valence-electron chi connectivity index (χ4n) is 3.22. The lowest BCUT2D eigenvalue weighted by molar-refractivity contribution is 0.797. The number of rotatable bonds is 2. The van der Waals surface area contributed by atoms with Gasteiger partial charge in [-0.25, -0.2) is 4.98 Å². The van der Waals surface area contributed by atoms with Gasteiger partial charge in [-0.05, 0) is 41.2 Å². The number of aromatic nitrogens is 4. The molecule has 0 aliphatic rings. The Labute approximate surface area is 155 Å². The SMILES string of the molecule is CC(C)c1ccc2c(c1)ncn2C.CC(C)c1cccc2c1cnn2C. The molecule has 0 radical (unpaired) electrons. The van der Waals surface area contributed by atoms with Crippen LogP contribution in [0.15, 0.2) is 48.9 Å². The van der Waals surface area contributed by atoms with Gasteiger partial charge in [0, 0.05) is 19.5 Å². The highest BCUT2D eigenvalue weighted by Crippen LogP contribution is 2.24. The van der Waals surface area contributed by atoms with Crippen molar-refractivity contribution >= 4 is 21.9 Å². The topological polar surface area (TPSA) is 35.6 Å². The fourth-order valence-corrected chi connectivity index (χ4v) is 3.22. The van der Waals surface area contributed by atoms with E-state index in [0.29, 0.717) is 11.8 Å². The second kappa shape index (κ2) is 7.32. The first-order valence-corrected chi connectivity index (χ1v) is 9.20. The van der Waals surface area contributed by atoms with Crippen LogP contribution in [0.25, 0.3) is 21.9 Å². The Morgan fingerprint density at radius 3 is 2.35 bits per heavy atom. The lowest BCUT2D eigenvalue weighted by Gasteiger charge is -2.06. The molecule has 0 fully saturated rings. The van der Waals surface area contributed by atoms with Gasteiger partial charge < -0.3 is 4.57 Å². The van der Waals surface area contributed by atoms with Crippen molar-refractivity contribution in [1.82, 2.24) is 19.3 Å². The van der Waals surface area contributed by atoms with Crippen LogP contribution < -0.4 is 0 Å². The molecule has 0 amide bonds. The Kier molecular flexibility index (Phi) is 5.12. The van der Waals surface area contributed by atoms with Gasteiger partial charge in [0.2, 0.25) is 0 Å². The van der Waals surface area contributed by atoms with Gasteiger partial charge in [0.1, 0.15) is 0 Å². The van der Waals surface area contributed by atoms with Crippen molar-refractivity contribution in [1.29, 1.82) is 0 Å². The van der Waals surface area contributed by atoms with Crippen LogP contribution >= 0.6 is 0 Å². The lowest BCUT2D eigenvalue weighted by Crippen LogP contribution is -1.90. The number of hydrogen-bond donors (Lipinski definition) is 0. The Hall–Kier alpha value is -2.62. The normalized spacial score (nSPS) is 11.4. The van der Waals surface area contributed by atoms with Gasteiger partial charge in [-0.3, -0.25) is 4.68 Å². The average molecular weight is 348 g/mol. The van der Waals surface area contributed by atoms with Crippen molar-refractivity contribution in [3.8, 4) is 0 Å². The van der Waals surface area contributed by atoms with E-state index in [2.05, 4.69) is 74.2 Å². The molecule has 4 heteroatoms. The molecule has 0 N–H and O–H groups in total. The van der Waals surface area contributed by atoms with Gasteiger partial charge in [-0.2, -0.15) is 5.10 Å². The molecule has 4 aromatic rings. The maximum absolute atomic E-state index is 4.32. The zero-order valence-corrected chi connectivity index (χ0v) is 16.6. The molecule has 0 aliphatic heterocycles. The average Bonchev–Trinajstić information content (AvgIpc) is 3.18. The molecular formula is C22H28N4. The monoisotopic (exact) mass is 348 g/mol. The van der Waals surface area contributed by atoms with E-state index in [1.807, 2.05) is 35.9 Å². The number of imidazole rings is 1. The second-order valence-corrected chi connectivity index (χ2v) is 7.46. The summed E-state index contributed by atoms with van der Waals surface area (Å²) < 4.78 is 3.96. The van der Waals surface area contributed by atoms with Gasteiger partial charge in [0.05, 0.1) is 29.1 Å². The lowest BCUT2D eigenvalue weighted by atomic mass is 10.00. The van der Waals surface area contributed by atoms with Crippen LogP contribution in [0.3, 0.4) is 0 Å². The first kappa shape index (κ1) is 18.2. The van der Waals surface area contributed by atoms with E-state index in [1.54, 1.807) is 0 Å². The summed E-state index contributed by atoms with van der Waals surface area (Å²) in [5.74, 6) is 1.14. The van der Waals surface area contributed by atoms with Gasteiger partial charge >= 0.3 is 0 Å². The van der Waals surface area contributed by atoms with Crippen LogP contribution in [-0.2, 0) is 14.1 Å².